The minimum absolute atomic E-state index is 0.0609. The van der Waals surface area contributed by atoms with Gasteiger partial charge in [-0.3, -0.25) is 10.1 Å². The molecule has 0 radical (unpaired) electrons. The third kappa shape index (κ3) is 3.20. The van der Waals surface area contributed by atoms with Gasteiger partial charge in [-0.15, -0.1) is 0 Å². The number of nitrogens with one attached hydrogen (secondary N) is 1. The van der Waals surface area contributed by atoms with Crippen LogP contribution < -0.4 is 5.32 Å². The van der Waals surface area contributed by atoms with E-state index in [1.807, 2.05) is 27.7 Å². The van der Waals surface area contributed by atoms with Gasteiger partial charge in [0.2, 0.25) is 11.8 Å². The highest BCUT2D eigenvalue weighted by atomic mass is 16.5. The van der Waals surface area contributed by atoms with Crippen LogP contribution in [-0.4, -0.2) is 11.1 Å². The van der Waals surface area contributed by atoms with Crippen LogP contribution in [0.25, 0.3) is 0 Å². The number of hydrogen-bond donors (Lipinski definition) is 1. The highest BCUT2D eigenvalue weighted by Crippen LogP contribution is 2.17. The third-order valence-corrected chi connectivity index (χ3v) is 1.73. The first-order valence-electron chi connectivity index (χ1n) is 4.88. The molecule has 0 unspecified atom stereocenters. The second-order valence-electron chi connectivity index (χ2n) is 2.62. The predicted molar refractivity (Wildman–Crippen MR) is 56.2 cm³/mol. The van der Waals surface area contributed by atoms with E-state index in [9.17, 15) is 4.79 Å². The summed E-state index contributed by atoms with van der Waals surface area (Å²) in [6.45, 7) is 9.48. The predicted octanol–water partition coefficient (Wildman–Crippen LogP) is 2.67. The summed E-state index contributed by atoms with van der Waals surface area (Å²) in [6.07, 6.45) is 0.444. The molecule has 0 bridgehead atoms. The van der Waals surface area contributed by atoms with Gasteiger partial charge in [-0.05, 0) is 13.8 Å². The van der Waals surface area contributed by atoms with Crippen molar-refractivity contribution in [2.24, 2.45) is 0 Å². The number of anilines is 1. The summed E-state index contributed by atoms with van der Waals surface area (Å²) >= 11 is 0. The molecule has 0 aliphatic rings. The van der Waals surface area contributed by atoms with Gasteiger partial charge in [0.1, 0.15) is 0 Å². The molecule has 1 amide bonds. The minimum Gasteiger partial charge on any atom is -0.338 e. The Morgan fingerprint density at radius 2 is 2.00 bits per heavy atom. The van der Waals surface area contributed by atoms with Gasteiger partial charge in [-0.1, -0.05) is 25.9 Å². The Bertz CT molecular complexity index is 292. The Morgan fingerprint density at radius 3 is 2.36 bits per heavy atom. The summed E-state index contributed by atoms with van der Waals surface area (Å²) in [4.78, 5) is 10.9. The second kappa shape index (κ2) is 6.18. The van der Waals surface area contributed by atoms with Crippen molar-refractivity contribution >= 4 is 11.8 Å². The topological polar surface area (TPSA) is 55.1 Å². The Hall–Kier alpha value is -1.32. The standard InChI is InChI=1S/C8H12N2O2.C2H6/c1-4-7(11)9-8-5(2)6(3)10-12-8;1-2/h4H2,1-3H3,(H,9,11);1-2H3. The van der Waals surface area contributed by atoms with Crippen LogP contribution in [0.4, 0.5) is 5.88 Å². The van der Waals surface area contributed by atoms with Crippen LogP contribution in [0.1, 0.15) is 38.4 Å². The molecule has 1 aromatic heterocycles. The molecule has 0 fully saturated rings. The van der Waals surface area contributed by atoms with E-state index in [0.29, 0.717) is 12.3 Å². The lowest BCUT2D eigenvalue weighted by atomic mass is 10.3. The zero-order chi connectivity index (χ0) is 11.1. The average molecular weight is 198 g/mol. The van der Waals surface area contributed by atoms with Crippen LogP contribution in [0.2, 0.25) is 0 Å². The van der Waals surface area contributed by atoms with Crippen molar-refractivity contribution in [3.63, 3.8) is 0 Å². The van der Waals surface area contributed by atoms with Crippen LogP contribution >= 0.6 is 0 Å². The van der Waals surface area contributed by atoms with E-state index in [-0.39, 0.29) is 5.91 Å². The molecule has 0 aliphatic carbocycles. The molecule has 0 saturated heterocycles. The fourth-order valence-corrected chi connectivity index (χ4v) is 0.747. The van der Waals surface area contributed by atoms with Crippen molar-refractivity contribution in [1.29, 1.82) is 0 Å². The molecule has 1 aromatic rings. The Labute approximate surface area is 84.7 Å². The van der Waals surface area contributed by atoms with Crippen LogP contribution in [-0.2, 0) is 4.79 Å². The summed E-state index contributed by atoms with van der Waals surface area (Å²) in [7, 11) is 0. The number of hydrogen-bond acceptors (Lipinski definition) is 3. The normalized spacial score (nSPS) is 8.93. The Morgan fingerprint density at radius 1 is 1.43 bits per heavy atom. The SMILES string of the molecule is CC.CCC(=O)Nc1onc(C)c1C. The second-order valence-corrected chi connectivity index (χ2v) is 2.62. The summed E-state index contributed by atoms with van der Waals surface area (Å²) < 4.78 is 4.89. The first-order chi connectivity index (χ1) is 6.65. The van der Waals surface area contributed by atoms with Crippen LogP contribution in [0.15, 0.2) is 4.52 Å². The number of nitrogens with zero attached hydrogens (tertiary/aromatic N) is 1. The maximum atomic E-state index is 10.9. The van der Waals surface area contributed by atoms with E-state index in [1.165, 1.54) is 0 Å². The zero-order valence-electron chi connectivity index (χ0n) is 9.47. The highest BCUT2D eigenvalue weighted by Gasteiger charge is 2.09. The van der Waals surface area contributed by atoms with Gasteiger partial charge in [-0.25, -0.2) is 0 Å². The number of rotatable bonds is 2. The van der Waals surface area contributed by atoms with Crippen LogP contribution in [0.3, 0.4) is 0 Å². The van der Waals surface area contributed by atoms with Crippen LogP contribution in [0.5, 0.6) is 0 Å². The largest absolute Gasteiger partial charge is 0.338 e. The van der Waals surface area contributed by atoms with Gasteiger partial charge >= 0.3 is 0 Å². The molecular weight excluding hydrogens is 180 g/mol. The molecule has 80 valence electrons. The number of aromatic nitrogens is 1. The highest BCUT2D eigenvalue weighted by molar-refractivity contribution is 5.89. The molecule has 1 rings (SSSR count). The van der Waals surface area contributed by atoms with Gasteiger partial charge in [0.05, 0.1) is 5.69 Å². The lowest BCUT2D eigenvalue weighted by Crippen LogP contribution is -2.09. The van der Waals surface area contributed by atoms with Gasteiger partial charge < -0.3 is 4.52 Å². The summed E-state index contributed by atoms with van der Waals surface area (Å²) in [5.41, 5.74) is 1.69. The monoisotopic (exact) mass is 198 g/mol. The Balaban J connectivity index is 0.000000791. The number of aryl methyl sites for hydroxylation is 1. The first-order valence-corrected chi connectivity index (χ1v) is 4.88. The maximum Gasteiger partial charge on any atom is 0.234 e. The molecule has 1 heterocycles. The maximum absolute atomic E-state index is 10.9. The van der Waals surface area contributed by atoms with E-state index in [0.717, 1.165) is 11.3 Å². The molecule has 0 saturated carbocycles. The van der Waals surface area contributed by atoms with Crippen molar-refractivity contribution in [3.8, 4) is 0 Å². The number of carbonyl (C=O) groups is 1. The molecule has 4 heteroatoms. The number of amides is 1. The summed E-state index contributed by atoms with van der Waals surface area (Å²) in [6, 6.07) is 0. The summed E-state index contributed by atoms with van der Waals surface area (Å²) in [5, 5.41) is 6.33. The molecule has 14 heavy (non-hydrogen) atoms. The van der Waals surface area contributed by atoms with Crippen molar-refractivity contribution < 1.29 is 9.32 Å². The van der Waals surface area contributed by atoms with Crippen molar-refractivity contribution in [2.45, 2.75) is 41.0 Å². The van der Waals surface area contributed by atoms with Crippen molar-refractivity contribution in [2.75, 3.05) is 5.32 Å². The van der Waals surface area contributed by atoms with E-state index >= 15 is 0 Å². The van der Waals surface area contributed by atoms with Gasteiger partial charge in [-0.2, -0.15) is 0 Å². The van der Waals surface area contributed by atoms with Crippen molar-refractivity contribution in [1.82, 2.24) is 5.16 Å². The molecule has 4 nitrogen and oxygen atoms in total. The van der Waals surface area contributed by atoms with Crippen molar-refractivity contribution in [3.05, 3.63) is 11.3 Å². The lowest BCUT2D eigenvalue weighted by molar-refractivity contribution is -0.116. The summed E-state index contributed by atoms with van der Waals surface area (Å²) in [5.74, 6) is 0.397. The molecule has 0 aliphatic heterocycles. The van der Waals surface area contributed by atoms with E-state index < -0.39 is 0 Å². The molecule has 0 spiro atoms. The van der Waals surface area contributed by atoms with Crippen LogP contribution in [0, 0.1) is 13.8 Å². The van der Waals surface area contributed by atoms with E-state index in [1.54, 1.807) is 6.92 Å². The third-order valence-electron chi connectivity index (χ3n) is 1.73. The molecule has 1 N–H and O–H groups in total. The minimum atomic E-state index is -0.0609. The fourth-order valence-electron chi connectivity index (χ4n) is 0.747. The average Bonchev–Trinajstić information content (AvgIpc) is 2.52. The quantitative estimate of drug-likeness (QED) is 0.794. The number of carbonyl (C=O) groups excluding carboxylic acids is 1. The molecular formula is C10H18N2O2. The first kappa shape index (κ1) is 12.7. The molecule has 0 aromatic carbocycles. The van der Waals surface area contributed by atoms with E-state index in [2.05, 4.69) is 10.5 Å². The zero-order valence-corrected chi connectivity index (χ0v) is 9.47. The lowest BCUT2D eigenvalue weighted by Gasteiger charge is -1.97. The van der Waals surface area contributed by atoms with Gasteiger partial charge in [0.15, 0.2) is 0 Å². The Kier molecular flexibility index (Phi) is 5.60. The van der Waals surface area contributed by atoms with Gasteiger partial charge in [0, 0.05) is 12.0 Å². The van der Waals surface area contributed by atoms with Gasteiger partial charge in [0.25, 0.3) is 0 Å². The van der Waals surface area contributed by atoms with E-state index in [4.69, 9.17) is 4.52 Å². The molecule has 0 atom stereocenters. The smallest absolute Gasteiger partial charge is 0.234 e. The fraction of sp³-hybridized carbons (Fsp3) is 0.600.